The molecular weight excluding hydrogens is 535 g/mol. The minimum absolute atomic E-state index is 0.0947. The first-order valence-corrected chi connectivity index (χ1v) is 12.4. The molecule has 2 amide bonds. The van der Waals surface area contributed by atoms with E-state index in [1.165, 1.54) is 37.3 Å². The van der Waals surface area contributed by atoms with Gasteiger partial charge in [-0.25, -0.2) is 4.99 Å². The largest absolute Gasteiger partial charge is 0.573 e. The van der Waals surface area contributed by atoms with Crippen molar-refractivity contribution in [1.82, 2.24) is 0 Å². The van der Waals surface area contributed by atoms with Gasteiger partial charge in [0, 0.05) is 5.56 Å². The van der Waals surface area contributed by atoms with Crippen LogP contribution in [0.4, 0.5) is 24.5 Å². The number of carbonyl (C=O) groups is 2. The topological polar surface area (TPSA) is 89.5 Å². The summed E-state index contributed by atoms with van der Waals surface area (Å²) in [4.78, 5) is 31.9. The molecule has 3 aromatic carbocycles. The summed E-state index contributed by atoms with van der Waals surface area (Å²) in [5.74, 6) is -0.784. The Kier molecular flexibility index (Phi) is 8.45. The van der Waals surface area contributed by atoms with E-state index in [1.54, 1.807) is 54.6 Å². The van der Waals surface area contributed by atoms with E-state index in [1.807, 2.05) is 0 Å². The first kappa shape index (κ1) is 27.6. The van der Waals surface area contributed by atoms with Gasteiger partial charge >= 0.3 is 6.36 Å². The van der Waals surface area contributed by atoms with E-state index < -0.39 is 23.9 Å². The number of amidine groups is 1. The Hall–Kier alpha value is -4.45. The first-order valence-electron chi connectivity index (χ1n) is 11.4. The molecule has 0 saturated heterocycles. The number of anilines is 2. The third-order valence-electron chi connectivity index (χ3n) is 5.29. The fraction of sp³-hybridized carbons (Fsp3) is 0.148. The zero-order valence-electron chi connectivity index (χ0n) is 20.7. The predicted octanol–water partition coefficient (Wildman–Crippen LogP) is 5.72. The van der Waals surface area contributed by atoms with Gasteiger partial charge < -0.3 is 19.5 Å². The molecule has 3 aromatic rings. The van der Waals surface area contributed by atoms with Crippen molar-refractivity contribution >= 4 is 46.2 Å². The third-order valence-corrected chi connectivity index (χ3v) is 6.23. The van der Waals surface area contributed by atoms with Crippen LogP contribution in [0.15, 0.2) is 83.5 Å². The van der Waals surface area contributed by atoms with Crippen LogP contribution in [0.3, 0.4) is 0 Å². The van der Waals surface area contributed by atoms with Crippen molar-refractivity contribution in [3.63, 3.8) is 0 Å². The Balaban J connectivity index is 1.59. The van der Waals surface area contributed by atoms with Gasteiger partial charge in [-0.1, -0.05) is 42.1 Å². The van der Waals surface area contributed by atoms with Crippen molar-refractivity contribution in [2.24, 2.45) is 4.99 Å². The monoisotopic (exact) mass is 557 g/mol. The lowest BCUT2D eigenvalue weighted by molar-refractivity contribution is -0.274. The van der Waals surface area contributed by atoms with Gasteiger partial charge in [-0.15, -0.1) is 13.2 Å². The maximum atomic E-state index is 13.4. The molecule has 0 bridgehead atoms. The average molecular weight is 558 g/mol. The number of halogens is 3. The van der Waals surface area contributed by atoms with Crippen molar-refractivity contribution in [2.45, 2.75) is 6.36 Å². The number of nitrogens with zero attached hydrogens (tertiary/aromatic N) is 2. The lowest BCUT2D eigenvalue weighted by atomic mass is 10.1. The summed E-state index contributed by atoms with van der Waals surface area (Å²) in [7, 11) is 3.01. The summed E-state index contributed by atoms with van der Waals surface area (Å²) in [6.07, 6.45) is -3.36. The molecule has 202 valence electrons. The van der Waals surface area contributed by atoms with Crippen LogP contribution in [-0.2, 0) is 9.59 Å². The fourth-order valence-electron chi connectivity index (χ4n) is 3.60. The Labute approximate surface area is 226 Å². The summed E-state index contributed by atoms with van der Waals surface area (Å²) in [5.41, 5.74) is 1.04. The number of para-hydroxylation sites is 3. The van der Waals surface area contributed by atoms with Crippen molar-refractivity contribution in [2.75, 3.05) is 30.2 Å². The molecule has 1 aliphatic rings. The van der Waals surface area contributed by atoms with Gasteiger partial charge in [0.15, 0.2) is 10.9 Å². The number of benzene rings is 3. The average Bonchev–Trinajstić information content (AvgIpc) is 3.22. The molecule has 8 nitrogen and oxygen atoms in total. The highest BCUT2D eigenvalue weighted by Gasteiger charge is 2.34. The molecule has 0 aliphatic carbocycles. The van der Waals surface area contributed by atoms with E-state index in [0.717, 1.165) is 17.8 Å². The van der Waals surface area contributed by atoms with Crippen LogP contribution in [0, 0.1) is 0 Å². The molecule has 39 heavy (non-hydrogen) atoms. The van der Waals surface area contributed by atoms with Gasteiger partial charge in [0.1, 0.15) is 17.2 Å². The highest BCUT2D eigenvalue weighted by molar-refractivity contribution is 8.14. The highest BCUT2D eigenvalue weighted by atomic mass is 32.2. The van der Waals surface area contributed by atoms with Gasteiger partial charge in [0.05, 0.1) is 31.3 Å². The first-order chi connectivity index (χ1) is 18.7. The number of ether oxygens (including phenoxy) is 3. The smallest absolute Gasteiger partial charge is 0.497 e. The summed E-state index contributed by atoms with van der Waals surface area (Å²) in [6, 6.07) is 19.0. The van der Waals surface area contributed by atoms with Gasteiger partial charge in [0.2, 0.25) is 5.91 Å². The van der Waals surface area contributed by atoms with Crippen LogP contribution in [0.1, 0.15) is 5.56 Å². The normalized spacial score (nSPS) is 14.3. The van der Waals surface area contributed by atoms with Gasteiger partial charge in [0.25, 0.3) is 5.91 Å². The van der Waals surface area contributed by atoms with Crippen molar-refractivity contribution in [1.29, 1.82) is 0 Å². The molecule has 12 heteroatoms. The summed E-state index contributed by atoms with van der Waals surface area (Å²) >= 11 is 0.952. The maximum Gasteiger partial charge on any atom is 0.573 e. The number of thioether (sulfide) groups is 1. The zero-order valence-corrected chi connectivity index (χ0v) is 21.5. The van der Waals surface area contributed by atoms with Gasteiger partial charge in [-0.2, -0.15) is 0 Å². The van der Waals surface area contributed by atoms with E-state index in [-0.39, 0.29) is 22.3 Å². The van der Waals surface area contributed by atoms with Crippen LogP contribution in [0.25, 0.3) is 6.08 Å². The second-order valence-electron chi connectivity index (χ2n) is 7.89. The van der Waals surface area contributed by atoms with E-state index in [9.17, 15) is 22.8 Å². The van der Waals surface area contributed by atoms with Crippen LogP contribution in [-0.4, -0.2) is 43.3 Å². The number of aliphatic imine (C=N–C) groups is 1. The number of hydrogen-bond acceptors (Lipinski definition) is 7. The number of alkyl halides is 3. The second kappa shape index (κ2) is 11.9. The standard InChI is InChI=1S/C27H22F3N3O5S/c1-36-19-12-13-22(37-2)17(14-19)15-21-25(35)33(18-8-4-3-5-9-18)26(32-21)39-16-24(34)31-20-10-6-7-11-23(20)38-27(28,29)30/h3-15H,16H2,1-2H3,(H,31,34). The molecule has 1 N–H and O–H groups in total. The van der Waals surface area contributed by atoms with E-state index in [2.05, 4.69) is 15.0 Å². The van der Waals surface area contributed by atoms with Gasteiger partial charge in [-0.3, -0.25) is 14.5 Å². The van der Waals surface area contributed by atoms with E-state index >= 15 is 0 Å². The highest BCUT2D eigenvalue weighted by Crippen LogP contribution is 2.33. The molecule has 4 rings (SSSR count). The number of hydrogen-bond donors (Lipinski definition) is 1. The molecule has 1 heterocycles. The number of amides is 2. The lowest BCUT2D eigenvalue weighted by Crippen LogP contribution is -2.31. The van der Waals surface area contributed by atoms with Crippen LogP contribution < -0.4 is 24.4 Å². The Bertz CT molecular complexity index is 1430. The van der Waals surface area contributed by atoms with Crippen molar-refractivity contribution < 1.29 is 37.0 Å². The molecule has 0 saturated carbocycles. The zero-order chi connectivity index (χ0) is 28.0. The molecule has 1 aliphatic heterocycles. The summed E-state index contributed by atoms with van der Waals surface area (Å²) in [6.45, 7) is 0. The second-order valence-corrected chi connectivity index (χ2v) is 8.83. The number of nitrogens with one attached hydrogen (secondary N) is 1. The summed E-state index contributed by atoms with van der Waals surface area (Å²) < 4.78 is 52.8. The molecule has 0 radical (unpaired) electrons. The number of methoxy groups -OCH3 is 2. The van der Waals surface area contributed by atoms with Crippen LogP contribution in [0.2, 0.25) is 0 Å². The van der Waals surface area contributed by atoms with Crippen LogP contribution >= 0.6 is 11.8 Å². The van der Waals surface area contributed by atoms with Gasteiger partial charge in [-0.05, 0) is 48.5 Å². The minimum Gasteiger partial charge on any atom is -0.497 e. The molecule has 0 unspecified atom stereocenters. The lowest BCUT2D eigenvalue weighted by Gasteiger charge is -2.18. The summed E-state index contributed by atoms with van der Waals surface area (Å²) in [5, 5.41) is 2.63. The molecule has 0 spiro atoms. The van der Waals surface area contributed by atoms with E-state index in [4.69, 9.17) is 9.47 Å². The molecule has 0 aromatic heterocycles. The maximum absolute atomic E-state index is 13.4. The van der Waals surface area contributed by atoms with E-state index in [0.29, 0.717) is 22.7 Å². The van der Waals surface area contributed by atoms with Crippen molar-refractivity contribution in [3.05, 3.63) is 84.1 Å². The fourth-order valence-corrected chi connectivity index (χ4v) is 4.41. The minimum atomic E-state index is -4.92. The van der Waals surface area contributed by atoms with Crippen LogP contribution in [0.5, 0.6) is 17.2 Å². The Morgan fingerprint density at radius 1 is 1.00 bits per heavy atom. The van der Waals surface area contributed by atoms with Crippen molar-refractivity contribution in [3.8, 4) is 17.2 Å². The number of carbonyl (C=O) groups excluding carboxylic acids is 2. The molecule has 0 atom stereocenters. The third kappa shape index (κ3) is 6.90. The molecule has 0 fully saturated rings. The number of rotatable bonds is 8. The quantitative estimate of drug-likeness (QED) is 0.357. The predicted molar refractivity (Wildman–Crippen MR) is 143 cm³/mol. The molecular formula is C27H22F3N3O5S. The Morgan fingerprint density at radius 2 is 1.72 bits per heavy atom. The SMILES string of the molecule is COc1ccc(OC)c(C=C2N=C(SCC(=O)Nc3ccccc3OC(F)(F)F)N(c3ccccc3)C2=O)c1. The Morgan fingerprint density at radius 3 is 2.41 bits per heavy atom.